The number of hydrogen-bond acceptors (Lipinski definition) is 5. The van der Waals surface area contributed by atoms with Gasteiger partial charge >= 0.3 is 0 Å². The Balaban J connectivity index is 1.74. The summed E-state index contributed by atoms with van der Waals surface area (Å²) in [6.07, 6.45) is 6.49. The van der Waals surface area contributed by atoms with Gasteiger partial charge in [0.25, 0.3) is 0 Å². The van der Waals surface area contributed by atoms with Crippen LogP contribution in [0.5, 0.6) is 0 Å². The number of halogens is 1. The number of thiophene rings is 1. The fourth-order valence-electron chi connectivity index (χ4n) is 3.97. The molecule has 1 aliphatic rings. The number of nitrogens with zero attached hydrogens (tertiary/aromatic N) is 6. The van der Waals surface area contributed by atoms with E-state index in [0.29, 0.717) is 10.8 Å². The first-order valence-corrected chi connectivity index (χ1v) is 10.1. The van der Waals surface area contributed by atoms with E-state index >= 15 is 0 Å². The van der Waals surface area contributed by atoms with Gasteiger partial charge in [-0.15, -0.1) is 16.4 Å². The van der Waals surface area contributed by atoms with E-state index in [0.717, 1.165) is 46.0 Å². The molecule has 0 saturated carbocycles. The molecular weight excluding hydrogens is 368 g/mol. The van der Waals surface area contributed by atoms with Crippen LogP contribution in [-0.2, 0) is 19.9 Å². The Morgan fingerprint density at radius 1 is 1.35 bits per heavy atom. The fraction of sp³-hybridized carbons (Fsp3) is 0.444. The maximum atomic E-state index is 6.43. The van der Waals surface area contributed by atoms with Crippen LogP contribution in [0.4, 0.5) is 0 Å². The average Bonchev–Trinajstić information content (AvgIpc) is 3.27. The van der Waals surface area contributed by atoms with Gasteiger partial charge < -0.3 is 0 Å². The first kappa shape index (κ1) is 16.2. The standard InChI is InChI=1S/C18H19ClN6S/c1-4-10-5-6-11-12(7-10)26-18-13(11)17-21-16(23-25(17)8-20-18)15-14(19)9(2)22-24(15)3/h8,10H,4-7H2,1-3H3/t10-/m1/s1. The lowest BCUT2D eigenvalue weighted by Gasteiger charge is -2.20. The molecule has 0 N–H and O–H groups in total. The molecule has 0 saturated heterocycles. The molecule has 4 aromatic heterocycles. The molecule has 4 aromatic rings. The van der Waals surface area contributed by atoms with E-state index in [2.05, 4.69) is 22.1 Å². The molecule has 134 valence electrons. The second-order valence-corrected chi connectivity index (χ2v) is 8.48. The third-order valence-electron chi connectivity index (χ3n) is 5.43. The van der Waals surface area contributed by atoms with Crippen molar-refractivity contribution in [2.24, 2.45) is 13.0 Å². The molecule has 8 heteroatoms. The molecule has 0 bridgehead atoms. The summed E-state index contributed by atoms with van der Waals surface area (Å²) in [7, 11) is 1.87. The number of rotatable bonds is 2. The summed E-state index contributed by atoms with van der Waals surface area (Å²) in [6.45, 7) is 4.17. The molecule has 0 spiro atoms. The van der Waals surface area contributed by atoms with Crippen molar-refractivity contribution in [2.45, 2.75) is 39.5 Å². The van der Waals surface area contributed by atoms with Crippen molar-refractivity contribution in [3.63, 3.8) is 0 Å². The highest BCUT2D eigenvalue weighted by Gasteiger charge is 2.25. The zero-order valence-electron chi connectivity index (χ0n) is 15.0. The van der Waals surface area contributed by atoms with Crippen LogP contribution < -0.4 is 0 Å². The van der Waals surface area contributed by atoms with E-state index in [1.54, 1.807) is 15.5 Å². The molecule has 4 heterocycles. The molecule has 0 aliphatic heterocycles. The van der Waals surface area contributed by atoms with Crippen LogP contribution in [0.25, 0.3) is 27.4 Å². The molecule has 0 aromatic carbocycles. The maximum Gasteiger partial charge on any atom is 0.202 e. The zero-order valence-corrected chi connectivity index (χ0v) is 16.5. The van der Waals surface area contributed by atoms with Crippen LogP contribution in [0.3, 0.4) is 0 Å². The largest absolute Gasteiger partial charge is 0.263 e. The predicted octanol–water partition coefficient (Wildman–Crippen LogP) is 4.22. The lowest BCUT2D eigenvalue weighted by Crippen LogP contribution is -2.11. The minimum Gasteiger partial charge on any atom is -0.263 e. The third kappa shape index (κ3) is 2.23. The highest BCUT2D eigenvalue weighted by Crippen LogP contribution is 2.40. The van der Waals surface area contributed by atoms with Gasteiger partial charge in [0, 0.05) is 11.9 Å². The van der Waals surface area contributed by atoms with Crippen molar-refractivity contribution in [1.82, 2.24) is 29.4 Å². The number of aromatic nitrogens is 6. The van der Waals surface area contributed by atoms with Gasteiger partial charge in [-0.3, -0.25) is 4.68 Å². The molecule has 5 rings (SSSR count). The van der Waals surface area contributed by atoms with Crippen LogP contribution in [-0.4, -0.2) is 29.4 Å². The Hall–Kier alpha value is -1.99. The minimum absolute atomic E-state index is 0.592. The van der Waals surface area contributed by atoms with Crippen LogP contribution in [0.15, 0.2) is 6.33 Å². The van der Waals surface area contributed by atoms with Gasteiger partial charge in [-0.2, -0.15) is 5.10 Å². The van der Waals surface area contributed by atoms with E-state index in [1.165, 1.54) is 23.3 Å². The van der Waals surface area contributed by atoms with Crippen molar-refractivity contribution in [1.29, 1.82) is 0 Å². The summed E-state index contributed by atoms with van der Waals surface area (Å²) in [5, 5.41) is 10.8. The lowest BCUT2D eigenvalue weighted by atomic mass is 9.86. The van der Waals surface area contributed by atoms with Gasteiger partial charge in [0.2, 0.25) is 5.82 Å². The van der Waals surface area contributed by atoms with E-state index in [9.17, 15) is 0 Å². The van der Waals surface area contributed by atoms with Gasteiger partial charge in [-0.05, 0) is 37.7 Å². The van der Waals surface area contributed by atoms with E-state index in [1.807, 2.05) is 25.3 Å². The van der Waals surface area contributed by atoms with Crippen LogP contribution in [0.2, 0.25) is 5.02 Å². The van der Waals surface area contributed by atoms with Crippen molar-refractivity contribution in [3.8, 4) is 11.5 Å². The van der Waals surface area contributed by atoms with Crippen molar-refractivity contribution in [2.75, 3.05) is 0 Å². The topological polar surface area (TPSA) is 60.9 Å². The first-order valence-electron chi connectivity index (χ1n) is 8.92. The van der Waals surface area contributed by atoms with Crippen LogP contribution >= 0.6 is 22.9 Å². The quantitative estimate of drug-likeness (QED) is 0.517. The second kappa shape index (κ2) is 5.76. The monoisotopic (exact) mass is 386 g/mol. The summed E-state index contributed by atoms with van der Waals surface area (Å²) in [5.74, 6) is 1.38. The van der Waals surface area contributed by atoms with Crippen LogP contribution in [0.1, 0.15) is 35.9 Å². The molecule has 1 atom stereocenters. The number of fused-ring (bicyclic) bond motifs is 5. The second-order valence-electron chi connectivity index (χ2n) is 7.02. The number of hydrogen-bond donors (Lipinski definition) is 0. The third-order valence-corrected chi connectivity index (χ3v) is 7.04. The van der Waals surface area contributed by atoms with Crippen molar-refractivity contribution < 1.29 is 0 Å². The molecular formula is C18H19ClN6S. The number of aryl methyl sites for hydroxylation is 3. The SMILES string of the molecule is CC[C@@H]1CCc2c(sc3ncn4nc(-c5c(Cl)c(C)nn5C)nc4c23)C1. The summed E-state index contributed by atoms with van der Waals surface area (Å²) < 4.78 is 3.52. The van der Waals surface area contributed by atoms with E-state index in [4.69, 9.17) is 16.6 Å². The zero-order chi connectivity index (χ0) is 18.0. The highest BCUT2D eigenvalue weighted by molar-refractivity contribution is 7.19. The highest BCUT2D eigenvalue weighted by atomic mass is 35.5. The van der Waals surface area contributed by atoms with Gasteiger partial charge in [0.05, 0.1) is 16.1 Å². The molecule has 1 aliphatic carbocycles. The molecule has 26 heavy (non-hydrogen) atoms. The molecule has 0 fully saturated rings. The Morgan fingerprint density at radius 2 is 2.19 bits per heavy atom. The Morgan fingerprint density at radius 3 is 2.92 bits per heavy atom. The van der Waals surface area contributed by atoms with Gasteiger partial charge in [-0.1, -0.05) is 24.9 Å². The van der Waals surface area contributed by atoms with Gasteiger partial charge in [0.15, 0.2) is 5.65 Å². The first-order chi connectivity index (χ1) is 12.6. The smallest absolute Gasteiger partial charge is 0.202 e. The van der Waals surface area contributed by atoms with Crippen molar-refractivity contribution >= 4 is 38.8 Å². The maximum absolute atomic E-state index is 6.43. The lowest BCUT2D eigenvalue weighted by molar-refractivity contribution is 0.451. The minimum atomic E-state index is 0.592. The fourth-order valence-corrected chi connectivity index (χ4v) is 5.51. The molecule has 6 nitrogen and oxygen atoms in total. The normalized spacial score (nSPS) is 17.3. The molecule has 0 radical (unpaired) electrons. The Labute approximate surface area is 159 Å². The Bertz CT molecular complexity index is 1150. The summed E-state index contributed by atoms with van der Waals surface area (Å²) in [4.78, 5) is 12.0. The van der Waals surface area contributed by atoms with E-state index < -0.39 is 0 Å². The van der Waals surface area contributed by atoms with Gasteiger partial charge in [-0.25, -0.2) is 14.5 Å². The summed E-state index contributed by atoms with van der Waals surface area (Å²) in [6, 6.07) is 0. The predicted molar refractivity (Wildman–Crippen MR) is 104 cm³/mol. The summed E-state index contributed by atoms with van der Waals surface area (Å²) in [5.41, 5.74) is 3.81. The molecule has 0 amide bonds. The Kier molecular flexibility index (Phi) is 3.59. The average molecular weight is 387 g/mol. The van der Waals surface area contributed by atoms with E-state index in [-0.39, 0.29) is 0 Å². The molecule has 0 unspecified atom stereocenters. The summed E-state index contributed by atoms with van der Waals surface area (Å²) >= 11 is 8.25. The van der Waals surface area contributed by atoms with Crippen molar-refractivity contribution in [3.05, 3.63) is 27.5 Å². The van der Waals surface area contributed by atoms with Gasteiger partial charge in [0.1, 0.15) is 16.9 Å². The van der Waals surface area contributed by atoms with Crippen LogP contribution in [0, 0.1) is 12.8 Å².